The van der Waals surface area contributed by atoms with Crippen LogP contribution < -0.4 is 10.6 Å². The number of aliphatic hydroxyl groups is 4. The molecule has 2 aromatic rings. The molecular formula is C30H42BN3O10. The maximum atomic E-state index is 13.9. The maximum Gasteiger partial charge on any atom is 0.534 e. The molecule has 2 aromatic carbocycles. The van der Waals surface area contributed by atoms with Gasteiger partial charge in [0.15, 0.2) is 5.68 Å². The summed E-state index contributed by atoms with van der Waals surface area (Å²) < 4.78 is 16.4. The zero-order chi connectivity index (χ0) is 31.8. The van der Waals surface area contributed by atoms with E-state index in [4.69, 9.17) is 19.2 Å². The van der Waals surface area contributed by atoms with Crippen molar-refractivity contribution >= 4 is 35.5 Å². The standard InChI is InChI=1S/C30H42BN3O10/c1-18(2)14-22(28(39)31-43-17-25(44-31)27(38)26(37)24(36)16-35)32-29(40)23(33-30(41)34-10-12-42-13-11-34)15-20-8-5-7-19-6-3-4-9-21(19)20/h3-9,18,22-27,35-38H,10-17H2,1-2H3,(H,32,40)(H,33,41). The average Bonchev–Trinajstić information content (AvgIpc) is 3.53. The Morgan fingerprint density at radius 2 is 1.70 bits per heavy atom. The van der Waals surface area contributed by atoms with Gasteiger partial charge in [-0.3, -0.25) is 4.79 Å². The second kappa shape index (κ2) is 15.8. The zero-order valence-corrected chi connectivity index (χ0v) is 25.0. The molecule has 0 radical (unpaired) electrons. The molecule has 240 valence electrons. The van der Waals surface area contributed by atoms with Crippen LogP contribution in [-0.2, 0) is 30.1 Å². The molecule has 2 aliphatic heterocycles. The number of nitrogens with one attached hydrogen (secondary N) is 2. The van der Waals surface area contributed by atoms with E-state index in [1.54, 1.807) is 4.90 Å². The van der Waals surface area contributed by atoms with Gasteiger partial charge in [-0.2, -0.15) is 0 Å². The molecule has 0 aliphatic carbocycles. The third-order valence-electron chi connectivity index (χ3n) is 7.84. The minimum atomic E-state index is -1.72. The Morgan fingerprint density at radius 1 is 1.00 bits per heavy atom. The quantitative estimate of drug-likeness (QED) is 0.159. The lowest BCUT2D eigenvalue weighted by Gasteiger charge is -2.30. The van der Waals surface area contributed by atoms with Crippen LogP contribution >= 0.6 is 0 Å². The molecule has 2 fully saturated rings. The van der Waals surface area contributed by atoms with E-state index in [9.17, 15) is 29.7 Å². The molecule has 3 amide bonds. The van der Waals surface area contributed by atoms with E-state index in [1.807, 2.05) is 56.3 Å². The molecule has 4 rings (SSSR count). The molecule has 6 atom stereocenters. The first-order chi connectivity index (χ1) is 21.1. The van der Waals surface area contributed by atoms with Crippen LogP contribution in [0.1, 0.15) is 25.8 Å². The maximum absolute atomic E-state index is 13.9. The lowest BCUT2D eigenvalue weighted by atomic mass is 9.76. The molecule has 2 heterocycles. The smallest absolute Gasteiger partial charge is 0.403 e. The predicted octanol–water partition coefficient (Wildman–Crippen LogP) is -0.589. The zero-order valence-electron chi connectivity index (χ0n) is 25.0. The highest BCUT2D eigenvalue weighted by Crippen LogP contribution is 2.22. The highest BCUT2D eigenvalue weighted by atomic mass is 16.7. The highest BCUT2D eigenvalue weighted by molar-refractivity contribution is 6.82. The van der Waals surface area contributed by atoms with Gasteiger partial charge >= 0.3 is 13.1 Å². The van der Waals surface area contributed by atoms with Gasteiger partial charge in [-0.05, 0) is 28.7 Å². The largest absolute Gasteiger partial charge is 0.534 e. The summed E-state index contributed by atoms with van der Waals surface area (Å²) in [6.45, 7) is 4.29. The number of carbonyl (C=O) groups is 3. The number of amides is 3. The molecule has 0 spiro atoms. The predicted molar refractivity (Wildman–Crippen MR) is 160 cm³/mol. The number of hydrogen-bond donors (Lipinski definition) is 6. The van der Waals surface area contributed by atoms with Crippen LogP contribution in [0, 0.1) is 5.92 Å². The number of benzene rings is 2. The van der Waals surface area contributed by atoms with Crippen molar-refractivity contribution in [1.82, 2.24) is 15.5 Å². The fraction of sp³-hybridized carbons (Fsp3) is 0.567. The summed E-state index contributed by atoms with van der Waals surface area (Å²) in [6.07, 6.45) is -5.70. The minimum absolute atomic E-state index is 0.0204. The van der Waals surface area contributed by atoms with Crippen LogP contribution in [0.4, 0.5) is 4.79 Å². The molecule has 0 bridgehead atoms. The van der Waals surface area contributed by atoms with E-state index in [1.165, 1.54) is 0 Å². The number of ether oxygens (including phenoxy) is 1. The van der Waals surface area contributed by atoms with E-state index in [2.05, 4.69) is 10.6 Å². The van der Waals surface area contributed by atoms with Crippen molar-refractivity contribution in [2.24, 2.45) is 5.92 Å². The molecule has 6 unspecified atom stereocenters. The SMILES string of the molecule is CC(C)CC(NC(=O)C(Cc1cccc2ccccc12)NC(=O)N1CCOCC1)C(=O)B1OCC(C(O)C(O)C(O)CO)O1. The number of morpholine rings is 1. The van der Waals surface area contributed by atoms with E-state index < -0.39 is 67.8 Å². The van der Waals surface area contributed by atoms with Crippen molar-refractivity contribution in [2.75, 3.05) is 39.5 Å². The lowest BCUT2D eigenvalue weighted by molar-refractivity contribution is -0.127. The monoisotopic (exact) mass is 615 g/mol. The Hall–Kier alpha value is -3.11. The van der Waals surface area contributed by atoms with Crippen molar-refractivity contribution in [3.63, 3.8) is 0 Å². The fourth-order valence-electron chi connectivity index (χ4n) is 5.36. The third-order valence-corrected chi connectivity index (χ3v) is 7.84. The fourth-order valence-corrected chi connectivity index (χ4v) is 5.36. The second-order valence-corrected chi connectivity index (χ2v) is 11.6. The van der Waals surface area contributed by atoms with Crippen LogP contribution in [-0.4, -0.2) is 126 Å². The molecule has 14 heteroatoms. The number of nitrogens with zero attached hydrogens (tertiary/aromatic N) is 1. The first-order valence-electron chi connectivity index (χ1n) is 14.9. The Balaban J connectivity index is 1.51. The minimum Gasteiger partial charge on any atom is -0.403 e. The van der Waals surface area contributed by atoms with Crippen molar-refractivity contribution in [2.45, 2.75) is 63.2 Å². The number of hydrogen-bond acceptors (Lipinski definition) is 10. The summed E-state index contributed by atoms with van der Waals surface area (Å²) in [5, 5.41) is 46.8. The van der Waals surface area contributed by atoms with Gasteiger partial charge in [0.05, 0.1) is 38.6 Å². The summed E-state index contributed by atoms with van der Waals surface area (Å²) in [4.78, 5) is 42.2. The van der Waals surface area contributed by atoms with Crippen LogP contribution in [0.15, 0.2) is 42.5 Å². The van der Waals surface area contributed by atoms with Gasteiger partial charge in [-0.1, -0.05) is 56.3 Å². The van der Waals surface area contributed by atoms with Gasteiger partial charge in [-0.15, -0.1) is 0 Å². The van der Waals surface area contributed by atoms with E-state index in [-0.39, 0.29) is 25.4 Å². The lowest BCUT2D eigenvalue weighted by Crippen LogP contribution is -2.57. The van der Waals surface area contributed by atoms with Crippen molar-refractivity contribution in [1.29, 1.82) is 0 Å². The third kappa shape index (κ3) is 8.54. The summed E-state index contributed by atoms with van der Waals surface area (Å²) in [6, 6.07) is 11.0. The molecule has 0 aromatic heterocycles. The van der Waals surface area contributed by atoms with E-state index in [0.717, 1.165) is 16.3 Å². The topological polar surface area (TPSA) is 187 Å². The van der Waals surface area contributed by atoms with Crippen molar-refractivity contribution in [3.8, 4) is 0 Å². The number of urea groups is 1. The van der Waals surface area contributed by atoms with Crippen LogP contribution in [0.3, 0.4) is 0 Å². The molecule has 44 heavy (non-hydrogen) atoms. The summed E-state index contributed by atoms with van der Waals surface area (Å²) in [7, 11) is -1.45. The van der Waals surface area contributed by atoms with Gasteiger partial charge in [0.2, 0.25) is 5.91 Å². The molecule has 13 nitrogen and oxygen atoms in total. The Labute approximate surface area is 256 Å². The number of fused-ring (bicyclic) bond motifs is 1. The Kier molecular flexibility index (Phi) is 12.1. The van der Waals surface area contributed by atoms with Crippen LogP contribution in [0.5, 0.6) is 0 Å². The van der Waals surface area contributed by atoms with Gasteiger partial charge in [0, 0.05) is 19.5 Å². The molecular weight excluding hydrogens is 573 g/mol. The number of aliphatic hydroxyl groups excluding tert-OH is 4. The Bertz CT molecular complexity index is 1270. The Morgan fingerprint density at radius 3 is 2.41 bits per heavy atom. The van der Waals surface area contributed by atoms with Crippen LogP contribution in [0.25, 0.3) is 10.8 Å². The first kappa shape index (κ1) is 33.8. The van der Waals surface area contributed by atoms with Gasteiger partial charge in [0.25, 0.3) is 0 Å². The summed E-state index contributed by atoms with van der Waals surface area (Å²) in [5.41, 5.74) is 0.252. The second-order valence-electron chi connectivity index (χ2n) is 11.6. The molecule has 0 saturated carbocycles. The molecule has 2 saturated heterocycles. The summed E-state index contributed by atoms with van der Waals surface area (Å²) >= 11 is 0. The number of carbonyl (C=O) groups excluding carboxylic acids is 3. The highest BCUT2D eigenvalue weighted by Gasteiger charge is 2.46. The molecule has 6 N–H and O–H groups in total. The first-order valence-corrected chi connectivity index (χ1v) is 14.9. The van der Waals surface area contributed by atoms with Crippen molar-refractivity contribution < 1.29 is 48.9 Å². The normalized spacial score (nSPS) is 20.7. The van der Waals surface area contributed by atoms with Crippen molar-refractivity contribution in [3.05, 3.63) is 48.0 Å². The van der Waals surface area contributed by atoms with Crippen LogP contribution in [0.2, 0.25) is 0 Å². The van der Waals surface area contributed by atoms with Gasteiger partial charge < -0.3 is 54.8 Å². The average molecular weight is 615 g/mol. The molecule has 2 aliphatic rings. The van der Waals surface area contributed by atoms with E-state index in [0.29, 0.717) is 26.3 Å². The van der Waals surface area contributed by atoms with Gasteiger partial charge in [-0.25, -0.2) is 4.79 Å². The van der Waals surface area contributed by atoms with Gasteiger partial charge in [0.1, 0.15) is 24.4 Å². The summed E-state index contributed by atoms with van der Waals surface area (Å²) in [5.74, 6) is -0.581. The number of rotatable bonds is 13. The van der Waals surface area contributed by atoms with E-state index >= 15 is 0 Å².